The van der Waals surface area contributed by atoms with Gasteiger partial charge in [0.1, 0.15) is 6.29 Å². The molecule has 1 aromatic rings. The van der Waals surface area contributed by atoms with E-state index in [1.165, 1.54) is 12.1 Å². The van der Waals surface area contributed by atoms with Crippen LogP contribution in [0.5, 0.6) is 0 Å². The monoisotopic (exact) mass is 220 g/mol. The zero-order valence-corrected chi connectivity index (χ0v) is 9.15. The van der Waals surface area contributed by atoms with Crippen molar-refractivity contribution < 1.29 is 19.1 Å². The molecule has 0 atom stereocenters. The minimum atomic E-state index is -0.895. The Hall–Kier alpha value is -1.97. The summed E-state index contributed by atoms with van der Waals surface area (Å²) in [6, 6.07) is 4.58. The number of ketones is 1. The van der Waals surface area contributed by atoms with Crippen molar-refractivity contribution in [2.24, 2.45) is 0 Å². The molecule has 4 nitrogen and oxygen atoms in total. The van der Waals surface area contributed by atoms with Crippen LogP contribution in [0.1, 0.15) is 33.2 Å². The first kappa shape index (κ1) is 12.1. The van der Waals surface area contributed by atoms with Crippen LogP contribution in [0.15, 0.2) is 18.2 Å². The van der Waals surface area contributed by atoms with E-state index in [-0.39, 0.29) is 0 Å². The quantitative estimate of drug-likeness (QED) is 0.333. The molecule has 1 rings (SSSR count). The third kappa shape index (κ3) is 2.34. The number of aldehydes is 1. The van der Waals surface area contributed by atoms with Gasteiger partial charge < -0.3 is 4.74 Å². The van der Waals surface area contributed by atoms with Crippen LogP contribution in [0.25, 0.3) is 0 Å². The maximum atomic E-state index is 11.6. The Balaban J connectivity index is 3.18. The first-order valence-corrected chi connectivity index (χ1v) is 4.84. The Kier molecular flexibility index (Phi) is 3.94. The van der Waals surface area contributed by atoms with Gasteiger partial charge in [0.2, 0.25) is 0 Å². The van der Waals surface area contributed by atoms with Crippen LogP contribution in [-0.2, 0) is 16.0 Å². The van der Waals surface area contributed by atoms with E-state index in [0.717, 1.165) is 7.11 Å². The standard InChI is InChI=1S/C12H12O4/c1-3-9-6-8(7-13)4-5-10(9)11(14)12(15)16-2/h4-7H,3H2,1-2H3. The zero-order chi connectivity index (χ0) is 12.1. The van der Waals surface area contributed by atoms with Gasteiger partial charge in [-0.25, -0.2) is 4.79 Å². The molecule has 0 aliphatic rings. The van der Waals surface area contributed by atoms with Crippen molar-refractivity contribution >= 4 is 18.0 Å². The highest BCUT2D eigenvalue weighted by atomic mass is 16.5. The van der Waals surface area contributed by atoms with E-state index in [1.54, 1.807) is 6.07 Å². The number of hydrogen-bond acceptors (Lipinski definition) is 4. The molecular weight excluding hydrogens is 208 g/mol. The van der Waals surface area contributed by atoms with E-state index in [2.05, 4.69) is 4.74 Å². The maximum absolute atomic E-state index is 11.6. The Morgan fingerprint density at radius 3 is 2.56 bits per heavy atom. The van der Waals surface area contributed by atoms with E-state index < -0.39 is 11.8 Å². The molecule has 0 heterocycles. The van der Waals surface area contributed by atoms with E-state index in [0.29, 0.717) is 29.4 Å². The molecule has 0 unspecified atom stereocenters. The molecule has 0 bridgehead atoms. The predicted octanol–water partition coefficient (Wildman–Crippen LogP) is 1.42. The molecule has 0 aliphatic carbocycles. The van der Waals surface area contributed by atoms with E-state index >= 15 is 0 Å². The summed E-state index contributed by atoms with van der Waals surface area (Å²) in [7, 11) is 1.16. The summed E-state index contributed by atoms with van der Waals surface area (Å²) in [6.45, 7) is 1.85. The Bertz CT molecular complexity index is 435. The second kappa shape index (κ2) is 5.21. The van der Waals surface area contributed by atoms with Gasteiger partial charge >= 0.3 is 5.97 Å². The van der Waals surface area contributed by atoms with Crippen molar-refractivity contribution in [2.45, 2.75) is 13.3 Å². The van der Waals surface area contributed by atoms with Gasteiger partial charge in [0.05, 0.1) is 7.11 Å². The number of benzene rings is 1. The van der Waals surface area contributed by atoms with Crippen molar-refractivity contribution in [3.63, 3.8) is 0 Å². The zero-order valence-electron chi connectivity index (χ0n) is 9.15. The van der Waals surface area contributed by atoms with Gasteiger partial charge in [-0.05, 0) is 24.1 Å². The minimum Gasteiger partial charge on any atom is -0.463 e. The highest BCUT2D eigenvalue weighted by molar-refractivity contribution is 6.41. The average molecular weight is 220 g/mol. The number of carbonyl (C=O) groups is 3. The highest BCUT2D eigenvalue weighted by Gasteiger charge is 2.19. The van der Waals surface area contributed by atoms with Crippen LogP contribution < -0.4 is 0 Å². The van der Waals surface area contributed by atoms with Crippen LogP contribution in [0.4, 0.5) is 0 Å². The van der Waals surface area contributed by atoms with Crippen LogP contribution in [0.3, 0.4) is 0 Å². The molecule has 4 heteroatoms. The molecule has 0 aliphatic heterocycles. The van der Waals surface area contributed by atoms with Crippen molar-refractivity contribution in [3.8, 4) is 0 Å². The van der Waals surface area contributed by atoms with Gasteiger partial charge in [0, 0.05) is 11.1 Å². The SMILES string of the molecule is CCc1cc(C=O)ccc1C(=O)C(=O)OC. The lowest BCUT2D eigenvalue weighted by Gasteiger charge is -2.06. The summed E-state index contributed by atoms with van der Waals surface area (Å²) < 4.78 is 4.36. The smallest absolute Gasteiger partial charge is 0.379 e. The van der Waals surface area contributed by atoms with Gasteiger partial charge in [0.25, 0.3) is 5.78 Å². The van der Waals surface area contributed by atoms with E-state index in [1.807, 2.05) is 6.92 Å². The second-order valence-corrected chi connectivity index (χ2v) is 3.21. The number of methoxy groups -OCH3 is 1. The van der Waals surface area contributed by atoms with Gasteiger partial charge in [-0.2, -0.15) is 0 Å². The summed E-state index contributed by atoms with van der Waals surface area (Å²) in [5.74, 6) is -1.58. The van der Waals surface area contributed by atoms with Crippen molar-refractivity contribution in [1.29, 1.82) is 0 Å². The summed E-state index contributed by atoms with van der Waals surface area (Å²) >= 11 is 0. The fourth-order valence-corrected chi connectivity index (χ4v) is 1.40. The summed E-state index contributed by atoms with van der Waals surface area (Å²) in [5.41, 5.74) is 1.44. The molecule has 0 radical (unpaired) electrons. The molecule has 0 aromatic heterocycles. The first-order chi connectivity index (χ1) is 7.63. The number of esters is 1. The third-order valence-electron chi connectivity index (χ3n) is 2.26. The molecule has 0 saturated carbocycles. The van der Waals surface area contributed by atoms with Crippen molar-refractivity contribution in [2.75, 3.05) is 7.11 Å². The maximum Gasteiger partial charge on any atom is 0.379 e. The number of hydrogen-bond donors (Lipinski definition) is 0. The average Bonchev–Trinajstić information content (AvgIpc) is 2.35. The number of aryl methyl sites for hydroxylation is 1. The molecule has 0 spiro atoms. The molecule has 0 N–H and O–H groups in total. The number of Topliss-reactive ketones (excluding diaryl/α,β-unsaturated/α-hetero) is 1. The van der Waals surface area contributed by atoms with Crippen LogP contribution >= 0.6 is 0 Å². The van der Waals surface area contributed by atoms with Gasteiger partial charge in [0.15, 0.2) is 0 Å². The molecule has 1 aromatic carbocycles. The molecule has 84 valence electrons. The lowest BCUT2D eigenvalue weighted by molar-refractivity contribution is -0.135. The Labute approximate surface area is 93.2 Å². The number of rotatable bonds is 4. The summed E-state index contributed by atoms with van der Waals surface area (Å²) in [5, 5.41) is 0. The van der Waals surface area contributed by atoms with Gasteiger partial charge in [-0.15, -0.1) is 0 Å². The van der Waals surface area contributed by atoms with Crippen molar-refractivity contribution in [1.82, 2.24) is 0 Å². The first-order valence-electron chi connectivity index (χ1n) is 4.84. The van der Waals surface area contributed by atoms with Crippen LogP contribution in [0, 0.1) is 0 Å². The van der Waals surface area contributed by atoms with Crippen LogP contribution in [-0.4, -0.2) is 25.1 Å². The van der Waals surface area contributed by atoms with E-state index in [4.69, 9.17) is 0 Å². The lowest BCUT2D eigenvalue weighted by Crippen LogP contribution is -2.17. The summed E-state index contributed by atoms with van der Waals surface area (Å²) in [6.07, 6.45) is 1.27. The third-order valence-corrected chi connectivity index (χ3v) is 2.26. The van der Waals surface area contributed by atoms with Crippen molar-refractivity contribution in [3.05, 3.63) is 34.9 Å². The number of ether oxygens (including phenoxy) is 1. The predicted molar refractivity (Wildman–Crippen MR) is 57.6 cm³/mol. The van der Waals surface area contributed by atoms with E-state index in [9.17, 15) is 14.4 Å². The normalized spacial score (nSPS) is 9.62. The largest absolute Gasteiger partial charge is 0.463 e. The van der Waals surface area contributed by atoms with Gasteiger partial charge in [-0.1, -0.05) is 13.0 Å². The summed E-state index contributed by atoms with van der Waals surface area (Å²) in [4.78, 5) is 33.3. The van der Waals surface area contributed by atoms with Crippen LogP contribution in [0.2, 0.25) is 0 Å². The molecule has 0 amide bonds. The second-order valence-electron chi connectivity index (χ2n) is 3.21. The molecule has 0 fully saturated rings. The lowest BCUT2D eigenvalue weighted by atomic mass is 9.99. The highest BCUT2D eigenvalue weighted by Crippen LogP contribution is 2.13. The Morgan fingerprint density at radius 1 is 1.38 bits per heavy atom. The fourth-order valence-electron chi connectivity index (χ4n) is 1.40. The Morgan fingerprint density at radius 2 is 2.06 bits per heavy atom. The fraction of sp³-hybridized carbons (Fsp3) is 0.250. The molecular formula is C12H12O4. The topological polar surface area (TPSA) is 60.4 Å². The molecule has 16 heavy (non-hydrogen) atoms. The van der Waals surface area contributed by atoms with Gasteiger partial charge in [-0.3, -0.25) is 9.59 Å². The number of carbonyl (C=O) groups excluding carboxylic acids is 3. The molecule has 0 saturated heterocycles. The minimum absolute atomic E-state index is 0.292.